The molecule has 7 nitrogen and oxygen atoms in total. The molecule has 7 heteroatoms. The molecule has 0 saturated heterocycles. The molecule has 0 aromatic rings. The Hall–Kier alpha value is -1.44. The number of hydrogen-bond donors (Lipinski definition) is 3. The number of carboxylic acids is 2. The Balaban J connectivity index is -0.0000000720. The third kappa shape index (κ3) is 61.1. The fourth-order valence-electron chi connectivity index (χ4n) is 0.136. The summed E-state index contributed by atoms with van der Waals surface area (Å²) in [4.78, 5) is 18.8. The average molecular weight is 196 g/mol. The van der Waals surface area contributed by atoms with E-state index >= 15 is 0 Å². The fraction of sp³-hybridized carbons (Fsp3) is 0.333. The first-order valence-electron chi connectivity index (χ1n) is 2.75. The van der Waals surface area contributed by atoms with Crippen molar-refractivity contribution in [2.45, 2.75) is 6.92 Å². The smallest absolute Gasteiger partial charge is 0.0643 e. The van der Waals surface area contributed by atoms with E-state index in [0.717, 1.165) is 0 Å². The molecule has 0 bridgehead atoms. The maximum Gasteiger partial charge on any atom is 0.0643 e. The lowest BCUT2D eigenvalue weighted by Gasteiger charge is -1.90. The number of carbonyl (C=O) groups is 2. The second-order valence-electron chi connectivity index (χ2n) is 1.29. The standard InChI is InChI=1S/C4H4O4.C2H6O.2H3N/c5-3(6)1-2-4(7)8;1-2-3;;/h1-2H,(H,5,6)(H,7,8);3H,2H2,1H3;2*1H3/b2-1-;;;. The SMILES string of the molecule is CCO.O=C([O-])/C=C\C(=O)[O-].[NH4+].[NH4+]. The molecule has 0 rings (SSSR count). The third-order valence-corrected chi connectivity index (χ3v) is 0.355. The van der Waals surface area contributed by atoms with Gasteiger partial charge < -0.3 is 37.2 Å². The van der Waals surface area contributed by atoms with Crippen LogP contribution in [-0.2, 0) is 9.59 Å². The van der Waals surface area contributed by atoms with Gasteiger partial charge in [0.1, 0.15) is 0 Å². The van der Waals surface area contributed by atoms with E-state index in [1.54, 1.807) is 6.92 Å². The number of quaternary nitrogens is 2. The van der Waals surface area contributed by atoms with Crippen LogP contribution in [0.25, 0.3) is 0 Å². The molecule has 0 saturated carbocycles. The van der Waals surface area contributed by atoms with E-state index in [2.05, 4.69) is 0 Å². The predicted octanol–water partition coefficient (Wildman–Crippen LogP) is -2.21. The van der Waals surface area contributed by atoms with Gasteiger partial charge in [-0.25, -0.2) is 0 Å². The molecular weight excluding hydrogens is 180 g/mol. The maximum atomic E-state index is 9.41. The normalized spacial score (nSPS) is 7.23. The first-order valence-corrected chi connectivity index (χ1v) is 2.75. The van der Waals surface area contributed by atoms with Crippen molar-refractivity contribution in [3.05, 3.63) is 12.2 Å². The second-order valence-corrected chi connectivity index (χ2v) is 1.29. The molecule has 9 N–H and O–H groups in total. The van der Waals surface area contributed by atoms with Gasteiger partial charge >= 0.3 is 0 Å². The molecule has 0 unspecified atom stereocenters. The summed E-state index contributed by atoms with van der Waals surface area (Å²) < 4.78 is 0. The van der Waals surface area contributed by atoms with Crippen molar-refractivity contribution in [1.82, 2.24) is 12.3 Å². The summed E-state index contributed by atoms with van der Waals surface area (Å²) in [5.41, 5.74) is 0. The van der Waals surface area contributed by atoms with Crippen molar-refractivity contribution in [2.24, 2.45) is 0 Å². The highest BCUT2D eigenvalue weighted by atomic mass is 16.4. The fourth-order valence-corrected chi connectivity index (χ4v) is 0.136. The van der Waals surface area contributed by atoms with Gasteiger partial charge in [-0.1, -0.05) is 0 Å². The van der Waals surface area contributed by atoms with E-state index < -0.39 is 11.9 Å². The number of aliphatic hydroxyl groups is 1. The van der Waals surface area contributed by atoms with Gasteiger partial charge in [-0.05, 0) is 19.1 Å². The Kier molecular flexibility index (Phi) is 29.3. The van der Waals surface area contributed by atoms with Crippen LogP contribution in [0.5, 0.6) is 0 Å². The van der Waals surface area contributed by atoms with E-state index in [9.17, 15) is 19.8 Å². The first-order chi connectivity index (χ1) is 5.04. The third-order valence-electron chi connectivity index (χ3n) is 0.355. The minimum absolute atomic E-state index is 0. The van der Waals surface area contributed by atoms with Crippen molar-refractivity contribution < 1.29 is 24.9 Å². The van der Waals surface area contributed by atoms with Gasteiger partial charge in [0.2, 0.25) is 0 Å². The van der Waals surface area contributed by atoms with E-state index in [0.29, 0.717) is 12.2 Å². The lowest BCUT2D eigenvalue weighted by molar-refractivity contribution is -0.301. The van der Waals surface area contributed by atoms with Crippen LogP contribution in [-0.4, -0.2) is 23.7 Å². The zero-order chi connectivity index (χ0) is 9.28. The molecular formula is C6H16N2O5. The van der Waals surface area contributed by atoms with Gasteiger partial charge in [-0.15, -0.1) is 0 Å². The lowest BCUT2D eigenvalue weighted by Crippen LogP contribution is -2.23. The van der Waals surface area contributed by atoms with Crippen LogP contribution in [0.2, 0.25) is 0 Å². The van der Waals surface area contributed by atoms with Gasteiger partial charge in [0.05, 0.1) is 11.9 Å². The number of carboxylic acid groups (broad SMARTS) is 2. The molecule has 0 spiro atoms. The largest absolute Gasteiger partial charge is 0.545 e. The Morgan fingerprint density at radius 1 is 1.15 bits per heavy atom. The highest BCUT2D eigenvalue weighted by molar-refractivity contribution is 5.87. The predicted molar refractivity (Wildman–Crippen MR) is 43.9 cm³/mol. The maximum absolute atomic E-state index is 9.41. The molecule has 0 atom stereocenters. The van der Waals surface area contributed by atoms with E-state index in [1.165, 1.54) is 0 Å². The Bertz CT molecular complexity index is 141. The van der Waals surface area contributed by atoms with Crippen LogP contribution < -0.4 is 22.5 Å². The zero-order valence-electron chi connectivity index (χ0n) is 7.94. The average Bonchev–Trinajstić information content (AvgIpc) is 1.85. The number of carbonyl (C=O) groups excluding carboxylic acids is 2. The van der Waals surface area contributed by atoms with Gasteiger partial charge in [0, 0.05) is 6.61 Å². The minimum atomic E-state index is -1.55. The van der Waals surface area contributed by atoms with E-state index in [4.69, 9.17) is 5.11 Å². The molecule has 0 aliphatic carbocycles. The summed E-state index contributed by atoms with van der Waals surface area (Å²) in [6.07, 6.45) is 0.769. The molecule has 80 valence electrons. The van der Waals surface area contributed by atoms with Crippen LogP contribution in [0.15, 0.2) is 12.2 Å². The van der Waals surface area contributed by atoms with Gasteiger partial charge in [0.15, 0.2) is 0 Å². The summed E-state index contributed by atoms with van der Waals surface area (Å²) in [6, 6.07) is 0. The van der Waals surface area contributed by atoms with E-state index in [1.807, 2.05) is 0 Å². The van der Waals surface area contributed by atoms with Crippen molar-refractivity contribution >= 4 is 11.9 Å². The van der Waals surface area contributed by atoms with Crippen LogP contribution in [0.1, 0.15) is 6.92 Å². The summed E-state index contributed by atoms with van der Waals surface area (Å²) in [5.74, 6) is -3.09. The van der Waals surface area contributed by atoms with Crippen molar-refractivity contribution in [3.63, 3.8) is 0 Å². The van der Waals surface area contributed by atoms with Gasteiger partial charge in [-0.2, -0.15) is 0 Å². The summed E-state index contributed by atoms with van der Waals surface area (Å²) in [7, 11) is 0. The quantitative estimate of drug-likeness (QED) is 0.424. The Morgan fingerprint density at radius 3 is 1.38 bits per heavy atom. The molecule has 0 aliphatic heterocycles. The van der Waals surface area contributed by atoms with Crippen molar-refractivity contribution in [1.29, 1.82) is 0 Å². The first kappa shape index (κ1) is 22.6. The Labute approximate surface area is 75.9 Å². The Morgan fingerprint density at radius 2 is 1.31 bits per heavy atom. The lowest BCUT2D eigenvalue weighted by atomic mass is 10.5. The summed E-state index contributed by atoms with van der Waals surface area (Å²) in [5, 5.41) is 26.4. The van der Waals surface area contributed by atoms with Gasteiger partial charge in [0.25, 0.3) is 0 Å². The van der Waals surface area contributed by atoms with Crippen LogP contribution in [0.3, 0.4) is 0 Å². The van der Waals surface area contributed by atoms with Crippen molar-refractivity contribution in [2.75, 3.05) is 6.61 Å². The topological polar surface area (TPSA) is 173 Å². The number of hydrogen-bond acceptors (Lipinski definition) is 5. The number of aliphatic hydroxyl groups excluding tert-OH is 1. The summed E-state index contributed by atoms with van der Waals surface area (Å²) >= 11 is 0. The molecule has 0 amide bonds. The number of aliphatic carboxylic acids is 2. The molecule has 0 radical (unpaired) electrons. The second kappa shape index (κ2) is 16.9. The monoisotopic (exact) mass is 196 g/mol. The van der Waals surface area contributed by atoms with Gasteiger partial charge in [-0.3, -0.25) is 0 Å². The molecule has 0 heterocycles. The van der Waals surface area contributed by atoms with Crippen LogP contribution >= 0.6 is 0 Å². The van der Waals surface area contributed by atoms with Crippen LogP contribution in [0, 0.1) is 0 Å². The van der Waals surface area contributed by atoms with Crippen molar-refractivity contribution in [3.8, 4) is 0 Å². The highest BCUT2D eigenvalue weighted by Gasteiger charge is 1.70. The molecule has 0 aromatic heterocycles. The highest BCUT2D eigenvalue weighted by Crippen LogP contribution is 1.64. The molecule has 0 fully saturated rings. The zero-order valence-corrected chi connectivity index (χ0v) is 7.94. The molecule has 0 aromatic carbocycles. The summed E-state index contributed by atoms with van der Waals surface area (Å²) in [6.45, 7) is 1.93. The number of rotatable bonds is 2. The molecule has 13 heavy (non-hydrogen) atoms. The molecule has 0 aliphatic rings. The van der Waals surface area contributed by atoms with Crippen LogP contribution in [0.4, 0.5) is 0 Å². The minimum Gasteiger partial charge on any atom is -0.545 e. The van der Waals surface area contributed by atoms with E-state index in [-0.39, 0.29) is 18.9 Å².